The van der Waals surface area contributed by atoms with Crippen molar-refractivity contribution in [1.82, 2.24) is 9.97 Å². The zero-order valence-electron chi connectivity index (χ0n) is 9.27. The highest BCUT2D eigenvalue weighted by molar-refractivity contribution is 6.31. The van der Waals surface area contributed by atoms with Crippen LogP contribution >= 0.6 is 23.2 Å². The van der Waals surface area contributed by atoms with Gasteiger partial charge in [-0.3, -0.25) is 0 Å². The van der Waals surface area contributed by atoms with Crippen molar-refractivity contribution in [3.05, 3.63) is 58.8 Å². The van der Waals surface area contributed by atoms with Gasteiger partial charge in [-0.2, -0.15) is 0 Å². The topological polar surface area (TPSA) is 25.8 Å². The molecule has 2 nitrogen and oxygen atoms in total. The monoisotopic (exact) mass is 274 g/mol. The van der Waals surface area contributed by atoms with Crippen LogP contribution in [0.25, 0.3) is 22.2 Å². The molecule has 0 radical (unpaired) electrons. The van der Waals surface area contributed by atoms with E-state index in [1.807, 2.05) is 48.5 Å². The van der Waals surface area contributed by atoms with E-state index < -0.39 is 0 Å². The molecule has 0 aliphatic carbocycles. The third-order valence-electron chi connectivity index (χ3n) is 2.67. The van der Waals surface area contributed by atoms with Crippen molar-refractivity contribution < 1.29 is 0 Å². The third kappa shape index (κ3) is 2.05. The van der Waals surface area contributed by atoms with E-state index >= 15 is 0 Å². The Morgan fingerprint density at radius 2 is 1.67 bits per heavy atom. The summed E-state index contributed by atoms with van der Waals surface area (Å²) < 4.78 is 0. The van der Waals surface area contributed by atoms with Crippen molar-refractivity contribution in [2.24, 2.45) is 0 Å². The Balaban J connectivity index is 2.34. The quantitative estimate of drug-likeness (QED) is 0.606. The van der Waals surface area contributed by atoms with Gasteiger partial charge in [-0.25, -0.2) is 9.97 Å². The van der Waals surface area contributed by atoms with Gasteiger partial charge in [-0.1, -0.05) is 41.9 Å². The van der Waals surface area contributed by atoms with E-state index in [0.29, 0.717) is 5.02 Å². The standard InChI is InChI=1S/C14H8Cl2N2/c15-10-5-3-4-9(8-10)13-11-6-1-2-7-12(11)17-14(16)18-13/h1-8H. The predicted octanol–water partition coefficient (Wildman–Crippen LogP) is 4.60. The molecule has 88 valence electrons. The van der Waals surface area contributed by atoms with Crippen molar-refractivity contribution in [2.45, 2.75) is 0 Å². The first-order valence-electron chi connectivity index (χ1n) is 5.42. The van der Waals surface area contributed by atoms with E-state index in [0.717, 1.165) is 22.2 Å². The summed E-state index contributed by atoms with van der Waals surface area (Å²) in [5, 5.41) is 1.87. The lowest BCUT2D eigenvalue weighted by Crippen LogP contribution is -1.90. The Bertz CT molecular complexity index is 726. The molecule has 0 bridgehead atoms. The number of para-hydroxylation sites is 1. The normalized spacial score (nSPS) is 10.8. The number of fused-ring (bicyclic) bond motifs is 1. The second kappa shape index (κ2) is 4.56. The maximum absolute atomic E-state index is 6.01. The van der Waals surface area contributed by atoms with Gasteiger partial charge in [-0.05, 0) is 29.8 Å². The Kier molecular flexibility index (Phi) is 2.90. The van der Waals surface area contributed by atoms with Gasteiger partial charge in [-0.15, -0.1) is 0 Å². The maximum Gasteiger partial charge on any atom is 0.223 e. The molecule has 18 heavy (non-hydrogen) atoms. The van der Waals surface area contributed by atoms with Gasteiger partial charge >= 0.3 is 0 Å². The minimum atomic E-state index is 0.240. The molecule has 0 N–H and O–H groups in total. The van der Waals surface area contributed by atoms with Gasteiger partial charge in [0.25, 0.3) is 0 Å². The lowest BCUT2D eigenvalue weighted by molar-refractivity contribution is 1.22. The second-order valence-corrected chi connectivity index (χ2v) is 4.64. The smallest absolute Gasteiger partial charge is 0.218 e. The number of aromatic nitrogens is 2. The summed E-state index contributed by atoms with van der Waals surface area (Å²) in [6.45, 7) is 0. The minimum absolute atomic E-state index is 0.240. The fraction of sp³-hybridized carbons (Fsp3) is 0. The molecule has 3 aromatic rings. The van der Waals surface area contributed by atoms with Gasteiger partial charge in [0.1, 0.15) is 0 Å². The number of benzene rings is 2. The van der Waals surface area contributed by atoms with Crippen LogP contribution in [-0.4, -0.2) is 9.97 Å². The fourth-order valence-electron chi connectivity index (χ4n) is 1.90. The maximum atomic E-state index is 6.01. The van der Waals surface area contributed by atoms with E-state index in [2.05, 4.69) is 9.97 Å². The highest BCUT2D eigenvalue weighted by Crippen LogP contribution is 2.28. The van der Waals surface area contributed by atoms with Crippen molar-refractivity contribution in [1.29, 1.82) is 0 Å². The second-order valence-electron chi connectivity index (χ2n) is 3.87. The third-order valence-corrected chi connectivity index (χ3v) is 3.08. The first-order chi connectivity index (χ1) is 8.74. The Morgan fingerprint density at radius 3 is 2.50 bits per heavy atom. The summed E-state index contributed by atoms with van der Waals surface area (Å²) in [6.07, 6.45) is 0. The van der Waals surface area contributed by atoms with Gasteiger partial charge in [0.05, 0.1) is 11.2 Å². The van der Waals surface area contributed by atoms with Gasteiger partial charge in [0, 0.05) is 16.0 Å². The van der Waals surface area contributed by atoms with Crippen LogP contribution in [0.4, 0.5) is 0 Å². The highest BCUT2D eigenvalue weighted by Gasteiger charge is 2.08. The molecule has 1 heterocycles. The van der Waals surface area contributed by atoms with Crippen molar-refractivity contribution >= 4 is 34.1 Å². The number of rotatable bonds is 1. The largest absolute Gasteiger partial charge is 0.223 e. The van der Waals surface area contributed by atoms with Crippen molar-refractivity contribution in [3.63, 3.8) is 0 Å². The molecule has 0 spiro atoms. The molecule has 1 aromatic heterocycles. The van der Waals surface area contributed by atoms with E-state index in [-0.39, 0.29) is 5.28 Å². The molecule has 0 saturated carbocycles. The summed E-state index contributed by atoms with van der Waals surface area (Å²) in [5.74, 6) is 0. The van der Waals surface area contributed by atoms with Gasteiger partial charge in [0.2, 0.25) is 5.28 Å². The first kappa shape index (κ1) is 11.5. The molecule has 0 atom stereocenters. The molecular weight excluding hydrogens is 267 g/mol. The molecule has 0 aliphatic heterocycles. The van der Waals surface area contributed by atoms with Crippen molar-refractivity contribution in [3.8, 4) is 11.3 Å². The molecular formula is C14H8Cl2N2. The van der Waals surface area contributed by atoms with Crippen molar-refractivity contribution in [2.75, 3.05) is 0 Å². The van der Waals surface area contributed by atoms with E-state index in [9.17, 15) is 0 Å². The SMILES string of the molecule is Clc1cccc(-c2nc(Cl)nc3ccccc23)c1. The zero-order valence-corrected chi connectivity index (χ0v) is 10.8. The molecule has 4 heteroatoms. The summed E-state index contributed by atoms with van der Waals surface area (Å²) in [7, 11) is 0. The van der Waals surface area contributed by atoms with Gasteiger partial charge < -0.3 is 0 Å². The molecule has 0 fully saturated rings. The van der Waals surface area contributed by atoms with Crippen LogP contribution in [0.2, 0.25) is 10.3 Å². The first-order valence-corrected chi connectivity index (χ1v) is 6.18. The molecule has 2 aromatic carbocycles. The van der Waals surface area contributed by atoms with Crippen LogP contribution in [-0.2, 0) is 0 Å². The van der Waals surface area contributed by atoms with Gasteiger partial charge in [0.15, 0.2) is 0 Å². The number of hydrogen-bond donors (Lipinski definition) is 0. The van der Waals surface area contributed by atoms with E-state index in [1.165, 1.54) is 0 Å². The summed E-state index contributed by atoms with van der Waals surface area (Å²) >= 11 is 12.0. The Morgan fingerprint density at radius 1 is 0.833 bits per heavy atom. The Labute approximate surface area is 114 Å². The van der Waals surface area contributed by atoms with Crippen LogP contribution in [0.15, 0.2) is 48.5 Å². The number of hydrogen-bond acceptors (Lipinski definition) is 2. The zero-order chi connectivity index (χ0) is 12.5. The van der Waals surface area contributed by atoms with E-state index in [4.69, 9.17) is 23.2 Å². The van der Waals surface area contributed by atoms with E-state index in [1.54, 1.807) is 0 Å². The average molecular weight is 275 g/mol. The molecule has 0 unspecified atom stereocenters. The molecule has 0 saturated heterocycles. The van der Waals surface area contributed by atoms with Crippen LogP contribution in [0.1, 0.15) is 0 Å². The lowest BCUT2D eigenvalue weighted by atomic mass is 10.1. The Hall–Kier alpha value is -1.64. The number of halogens is 2. The molecule has 3 rings (SSSR count). The molecule has 0 amide bonds. The fourth-order valence-corrected chi connectivity index (χ4v) is 2.27. The van der Waals surface area contributed by atoms with Crippen LogP contribution < -0.4 is 0 Å². The van der Waals surface area contributed by atoms with Crippen LogP contribution in [0.3, 0.4) is 0 Å². The predicted molar refractivity (Wildman–Crippen MR) is 75.0 cm³/mol. The number of nitrogens with zero attached hydrogens (tertiary/aromatic N) is 2. The highest BCUT2D eigenvalue weighted by atomic mass is 35.5. The summed E-state index contributed by atoms with van der Waals surface area (Å²) in [6, 6.07) is 15.3. The van der Waals surface area contributed by atoms with Crippen LogP contribution in [0.5, 0.6) is 0 Å². The average Bonchev–Trinajstić information content (AvgIpc) is 2.37. The summed E-state index contributed by atoms with van der Waals surface area (Å²) in [5.41, 5.74) is 2.56. The summed E-state index contributed by atoms with van der Waals surface area (Å²) in [4.78, 5) is 8.51. The minimum Gasteiger partial charge on any atom is -0.218 e. The molecule has 0 aliphatic rings. The lowest BCUT2D eigenvalue weighted by Gasteiger charge is -2.06. The van der Waals surface area contributed by atoms with Crippen LogP contribution in [0, 0.1) is 0 Å².